The number of nitrogens with zero attached hydrogens (tertiary/aromatic N) is 4. The van der Waals surface area contributed by atoms with Gasteiger partial charge in [0, 0.05) is 5.56 Å². The highest BCUT2D eigenvalue weighted by Gasteiger charge is 2.11. The van der Waals surface area contributed by atoms with Crippen LogP contribution in [0.15, 0.2) is 48.5 Å². The van der Waals surface area contributed by atoms with Crippen molar-refractivity contribution in [2.45, 2.75) is 13.2 Å². The predicted molar refractivity (Wildman–Crippen MR) is 93.7 cm³/mol. The molecule has 25 heavy (non-hydrogen) atoms. The van der Waals surface area contributed by atoms with Crippen molar-refractivity contribution in [3.8, 4) is 11.4 Å². The fourth-order valence-electron chi connectivity index (χ4n) is 2.52. The second-order valence-electron chi connectivity index (χ2n) is 5.79. The maximum absolute atomic E-state index is 13.0. The van der Waals surface area contributed by atoms with Crippen LogP contribution >= 0.6 is 12.2 Å². The number of methoxy groups -OCH3 is 1. The number of ether oxygens (including phenoxy) is 1. The summed E-state index contributed by atoms with van der Waals surface area (Å²) in [4.78, 5) is 1.16. The van der Waals surface area contributed by atoms with E-state index < -0.39 is 0 Å². The van der Waals surface area contributed by atoms with Crippen LogP contribution in [0.1, 0.15) is 5.56 Å². The Kier molecular flexibility index (Phi) is 5.20. The zero-order chi connectivity index (χ0) is 17.8. The lowest BCUT2D eigenvalue weighted by Crippen LogP contribution is -3.07. The SMILES string of the molecule is COc1ccc(-n2nnn(C[NH+](C)Cc3ccc(F)cc3)c2=S)cc1. The van der Waals surface area contributed by atoms with E-state index in [1.165, 1.54) is 12.1 Å². The van der Waals surface area contributed by atoms with Crippen molar-refractivity contribution < 1.29 is 14.0 Å². The molecule has 0 saturated heterocycles. The fourth-order valence-corrected chi connectivity index (χ4v) is 2.76. The average molecular weight is 360 g/mol. The molecule has 0 fully saturated rings. The summed E-state index contributed by atoms with van der Waals surface area (Å²) >= 11 is 5.48. The first-order valence-electron chi connectivity index (χ1n) is 7.80. The molecule has 0 amide bonds. The molecule has 1 N–H and O–H groups in total. The molecule has 1 unspecified atom stereocenters. The van der Waals surface area contributed by atoms with Crippen LogP contribution in [0, 0.1) is 10.6 Å². The largest absolute Gasteiger partial charge is 0.497 e. The van der Waals surface area contributed by atoms with E-state index in [0.717, 1.165) is 28.4 Å². The number of benzene rings is 2. The Labute approximate surface area is 150 Å². The van der Waals surface area contributed by atoms with Crippen LogP contribution in [-0.4, -0.2) is 33.9 Å². The van der Waals surface area contributed by atoms with Gasteiger partial charge in [-0.3, -0.25) is 0 Å². The summed E-state index contributed by atoms with van der Waals surface area (Å²) in [6.07, 6.45) is 0. The number of aromatic nitrogens is 4. The van der Waals surface area contributed by atoms with Gasteiger partial charge in [-0.1, -0.05) is 12.1 Å². The number of quaternary nitrogens is 1. The highest BCUT2D eigenvalue weighted by Crippen LogP contribution is 2.14. The molecule has 1 aromatic heterocycles. The number of rotatable bonds is 6. The van der Waals surface area contributed by atoms with Crippen molar-refractivity contribution in [2.24, 2.45) is 0 Å². The summed E-state index contributed by atoms with van der Waals surface area (Å²) in [5.74, 6) is 0.539. The molecule has 1 atom stereocenters. The zero-order valence-corrected chi connectivity index (χ0v) is 14.8. The normalized spacial score (nSPS) is 12.1. The minimum atomic E-state index is -0.231. The molecule has 0 radical (unpaired) electrons. The van der Waals surface area contributed by atoms with Crippen LogP contribution in [0.3, 0.4) is 0 Å². The quantitative estimate of drug-likeness (QED) is 0.679. The third-order valence-electron chi connectivity index (χ3n) is 3.80. The summed E-state index contributed by atoms with van der Waals surface area (Å²) in [6.45, 7) is 1.30. The van der Waals surface area contributed by atoms with Crippen molar-refractivity contribution >= 4 is 12.2 Å². The van der Waals surface area contributed by atoms with E-state index in [0.29, 0.717) is 11.4 Å². The first kappa shape index (κ1) is 17.2. The van der Waals surface area contributed by atoms with E-state index in [9.17, 15) is 4.39 Å². The summed E-state index contributed by atoms with van der Waals surface area (Å²) in [7, 11) is 3.65. The van der Waals surface area contributed by atoms with Crippen LogP contribution in [0.4, 0.5) is 4.39 Å². The lowest BCUT2D eigenvalue weighted by molar-refractivity contribution is -0.917. The van der Waals surface area contributed by atoms with Crippen LogP contribution in [-0.2, 0) is 13.2 Å². The van der Waals surface area contributed by atoms with Gasteiger partial charge in [-0.2, -0.15) is 9.36 Å². The molecule has 3 rings (SSSR count). The molecule has 0 spiro atoms. The summed E-state index contributed by atoms with van der Waals surface area (Å²) < 4.78 is 21.9. The van der Waals surface area contributed by atoms with Gasteiger partial charge >= 0.3 is 0 Å². The Balaban J connectivity index is 1.72. The van der Waals surface area contributed by atoms with Crippen LogP contribution in [0.2, 0.25) is 0 Å². The maximum atomic E-state index is 13.0. The minimum absolute atomic E-state index is 0.231. The molecule has 2 aromatic carbocycles. The van der Waals surface area contributed by atoms with Gasteiger partial charge in [0.2, 0.25) is 4.77 Å². The van der Waals surface area contributed by atoms with Gasteiger partial charge in [-0.25, -0.2) is 4.39 Å². The Bertz CT molecular complexity index is 889. The molecule has 8 heteroatoms. The van der Waals surface area contributed by atoms with E-state index in [4.69, 9.17) is 17.0 Å². The predicted octanol–water partition coefficient (Wildman–Crippen LogP) is 1.62. The van der Waals surface area contributed by atoms with E-state index in [1.54, 1.807) is 28.6 Å². The van der Waals surface area contributed by atoms with Crippen LogP contribution in [0.25, 0.3) is 5.69 Å². The standard InChI is InChI=1S/C17H18FN5OS/c1-21(11-13-3-5-14(18)6-4-13)12-22-17(25)23(20-19-22)15-7-9-16(24-2)10-8-15/h3-10H,11-12H2,1-2H3/p+1. The van der Waals surface area contributed by atoms with Gasteiger partial charge in [0.05, 0.1) is 19.8 Å². The second-order valence-corrected chi connectivity index (χ2v) is 6.15. The molecule has 1 heterocycles. The molecular weight excluding hydrogens is 341 g/mol. The van der Waals surface area contributed by atoms with Gasteiger partial charge in [0.15, 0.2) is 6.67 Å². The Hall–Kier alpha value is -2.58. The average Bonchev–Trinajstić information content (AvgIpc) is 2.97. The Morgan fingerprint density at radius 3 is 2.40 bits per heavy atom. The third kappa shape index (κ3) is 4.09. The monoisotopic (exact) mass is 360 g/mol. The van der Waals surface area contributed by atoms with Crippen LogP contribution in [0.5, 0.6) is 5.75 Å². The molecular formula is C17H19FN5OS+. The molecule has 6 nitrogen and oxygen atoms in total. The molecule has 130 valence electrons. The molecule has 0 saturated carbocycles. The van der Waals surface area contributed by atoms with Crippen molar-refractivity contribution in [2.75, 3.05) is 14.2 Å². The zero-order valence-electron chi connectivity index (χ0n) is 14.0. The van der Waals surface area contributed by atoms with Crippen molar-refractivity contribution in [3.63, 3.8) is 0 Å². The van der Waals surface area contributed by atoms with E-state index in [1.807, 2.05) is 31.3 Å². The third-order valence-corrected chi connectivity index (χ3v) is 4.18. The Morgan fingerprint density at radius 1 is 1.08 bits per heavy atom. The van der Waals surface area contributed by atoms with Gasteiger partial charge in [0.1, 0.15) is 18.1 Å². The van der Waals surface area contributed by atoms with E-state index in [2.05, 4.69) is 10.4 Å². The lowest BCUT2D eigenvalue weighted by atomic mass is 10.2. The lowest BCUT2D eigenvalue weighted by Gasteiger charge is -2.13. The first-order chi connectivity index (χ1) is 12.1. The van der Waals surface area contributed by atoms with E-state index in [-0.39, 0.29) is 5.82 Å². The highest BCUT2D eigenvalue weighted by atomic mass is 32.1. The van der Waals surface area contributed by atoms with Gasteiger partial charge in [-0.05, 0) is 59.0 Å². The number of tetrazole rings is 1. The Morgan fingerprint density at radius 2 is 1.76 bits per heavy atom. The summed E-state index contributed by atoms with van der Waals surface area (Å²) in [6, 6.07) is 14.0. The fraction of sp³-hybridized carbons (Fsp3) is 0.235. The van der Waals surface area contributed by atoms with Crippen LogP contribution < -0.4 is 9.64 Å². The minimum Gasteiger partial charge on any atom is -0.497 e. The van der Waals surface area contributed by atoms with Gasteiger partial charge in [0.25, 0.3) is 0 Å². The maximum Gasteiger partial charge on any atom is 0.225 e. The van der Waals surface area contributed by atoms with Crippen molar-refractivity contribution in [3.05, 3.63) is 64.7 Å². The number of nitrogens with one attached hydrogen (secondary N) is 1. The smallest absolute Gasteiger partial charge is 0.225 e. The number of hydrogen-bond acceptors (Lipinski definition) is 4. The van der Waals surface area contributed by atoms with Crippen molar-refractivity contribution in [1.82, 2.24) is 19.8 Å². The van der Waals surface area contributed by atoms with Gasteiger partial charge in [-0.15, -0.1) is 0 Å². The van der Waals surface area contributed by atoms with Gasteiger partial charge < -0.3 is 9.64 Å². The molecule has 0 aliphatic carbocycles. The topological polar surface area (TPSA) is 49.3 Å². The molecule has 0 aliphatic heterocycles. The summed E-state index contributed by atoms with van der Waals surface area (Å²) in [5, 5.41) is 8.28. The number of halogens is 1. The molecule has 0 aliphatic rings. The second kappa shape index (κ2) is 7.54. The molecule has 3 aromatic rings. The summed E-state index contributed by atoms with van der Waals surface area (Å²) in [5.41, 5.74) is 1.88. The van der Waals surface area contributed by atoms with E-state index >= 15 is 0 Å². The highest BCUT2D eigenvalue weighted by molar-refractivity contribution is 7.71. The van der Waals surface area contributed by atoms with Crippen molar-refractivity contribution in [1.29, 1.82) is 0 Å². The first-order valence-corrected chi connectivity index (χ1v) is 8.20. The number of hydrogen-bond donors (Lipinski definition) is 1. The molecule has 0 bridgehead atoms.